The van der Waals surface area contributed by atoms with Gasteiger partial charge in [0, 0.05) is 35.0 Å². The SMILES string of the molecule is NCCn1cc(SCc2cc(=O)[nH]c(-c3ccccc3)n2)cn1. The van der Waals surface area contributed by atoms with Crippen LogP contribution in [0.3, 0.4) is 0 Å². The van der Waals surface area contributed by atoms with Crippen LogP contribution in [0.5, 0.6) is 0 Å². The van der Waals surface area contributed by atoms with Crippen molar-refractivity contribution in [2.24, 2.45) is 5.73 Å². The summed E-state index contributed by atoms with van der Waals surface area (Å²) in [6, 6.07) is 11.1. The number of aromatic amines is 1. The van der Waals surface area contributed by atoms with Crippen LogP contribution in [0, 0.1) is 0 Å². The van der Waals surface area contributed by atoms with Crippen molar-refractivity contribution in [1.29, 1.82) is 0 Å². The second-order valence-electron chi connectivity index (χ2n) is 4.97. The van der Waals surface area contributed by atoms with Crippen molar-refractivity contribution in [3.05, 3.63) is 64.8 Å². The van der Waals surface area contributed by atoms with Crippen LogP contribution >= 0.6 is 11.8 Å². The number of rotatable bonds is 6. The highest BCUT2D eigenvalue weighted by Gasteiger charge is 2.06. The van der Waals surface area contributed by atoms with Gasteiger partial charge in [-0.3, -0.25) is 9.48 Å². The van der Waals surface area contributed by atoms with E-state index in [4.69, 9.17) is 5.73 Å². The first-order valence-electron chi connectivity index (χ1n) is 7.25. The zero-order valence-electron chi connectivity index (χ0n) is 12.5. The molecule has 3 rings (SSSR count). The van der Waals surface area contributed by atoms with Crippen LogP contribution in [-0.2, 0) is 12.3 Å². The number of nitrogens with one attached hydrogen (secondary N) is 1. The van der Waals surface area contributed by atoms with E-state index in [1.807, 2.05) is 41.2 Å². The number of benzene rings is 1. The van der Waals surface area contributed by atoms with Crippen molar-refractivity contribution in [1.82, 2.24) is 19.7 Å². The van der Waals surface area contributed by atoms with E-state index in [2.05, 4.69) is 15.1 Å². The van der Waals surface area contributed by atoms with E-state index in [9.17, 15) is 4.79 Å². The number of nitrogens with zero attached hydrogens (tertiary/aromatic N) is 3. The van der Waals surface area contributed by atoms with Crippen LogP contribution in [-0.4, -0.2) is 26.3 Å². The minimum atomic E-state index is -0.145. The average Bonchev–Trinajstić information content (AvgIpc) is 3.01. The lowest BCUT2D eigenvalue weighted by Crippen LogP contribution is -2.10. The Morgan fingerprint density at radius 2 is 2.09 bits per heavy atom. The van der Waals surface area contributed by atoms with Crippen molar-refractivity contribution in [3.8, 4) is 11.4 Å². The van der Waals surface area contributed by atoms with Crippen LogP contribution < -0.4 is 11.3 Å². The number of aromatic nitrogens is 4. The molecule has 0 unspecified atom stereocenters. The van der Waals surface area contributed by atoms with Gasteiger partial charge in [-0.15, -0.1) is 11.8 Å². The van der Waals surface area contributed by atoms with Crippen molar-refractivity contribution in [2.75, 3.05) is 6.54 Å². The zero-order valence-corrected chi connectivity index (χ0v) is 13.3. The van der Waals surface area contributed by atoms with E-state index in [1.165, 1.54) is 6.07 Å². The smallest absolute Gasteiger partial charge is 0.251 e. The van der Waals surface area contributed by atoms with Crippen molar-refractivity contribution in [2.45, 2.75) is 17.2 Å². The van der Waals surface area contributed by atoms with Crippen molar-refractivity contribution >= 4 is 11.8 Å². The molecule has 2 aromatic heterocycles. The van der Waals surface area contributed by atoms with Gasteiger partial charge in [-0.1, -0.05) is 30.3 Å². The molecule has 0 aliphatic carbocycles. The highest BCUT2D eigenvalue weighted by molar-refractivity contribution is 7.98. The molecule has 7 heteroatoms. The second-order valence-corrected chi connectivity index (χ2v) is 6.02. The van der Waals surface area contributed by atoms with E-state index >= 15 is 0 Å². The van der Waals surface area contributed by atoms with Gasteiger partial charge in [-0.25, -0.2) is 4.98 Å². The van der Waals surface area contributed by atoms with Crippen LogP contribution in [0.15, 0.2) is 58.5 Å². The van der Waals surface area contributed by atoms with Gasteiger partial charge in [0.25, 0.3) is 5.56 Å². The first kappa shape index (κ1) is 15.5. The Labute approximate surface area is 137 Å². The molecule has 0 atom stereocenters. The summed E-state index contributed by atoms with van der Waals surface area (Å²) >= 11 is 1.59. The third kappa shape index (κ3) is 4.08. The Morgan fingerprint density at radius 1 is 1.26 bits per heavy atom. The first-order valence-corrected chi connectivity index (χ1v) is 8.24. The third-order valence-corrected chi connectivity index (χ3v) is 4.18. The fourth-order valence-electron chi connectivity index (χ4n) is 2.15. The van der Waals surface area contributed by atoms with Gasteiger partial charge in [0.1, 0.15) is 5.82 Å². The third-order valence-electron chi connectivity index (χ3n) is 3.20. The molecule has 0 amide bonds. The standard InChI is InChI=1S/C16H17N5OS/c17-6-7-21-10-14(9-18-21)23-11-13-8-15(22)20-16(19-13)12-4-2-1-3-5-12/h1-5,8-10H,6-7,11,17H2,(H,19,20,22). The van der Waals surface area contributed by atoms with Gasteiger partial charge >= 0.3 is 0 Å². The monoisotopic (exact) mass is 327 g/mol. The fourth-order valence-corrected chi connectivity index (χ4v) is 2.93. The average molecular weight is 327 g/mol. The number of nitrogens with two attached hydrogens (primary N) is 1. The lowest BCUT2D eigenvalue weighted by atomic mass is 10.2. The van der Waals surface area contributed by atoms with E-state index in [-0.39, 0.29) is 5.56 Å². The molecule has 0 saturated carbocycles. The van der Waals surface area contributed by atoms with Crippen LogP contribution in [0.25, 0.3) is 11.4 Å². The van der Waals surface area contributed by atoms with Crippen molar-refractivity contribution < 1.29 is 0 Å². The molecule has 118 valence electrons. The predicted octanol–water partition coefficient (Wildman–Crippen LogP) is 1.88. The molecule has 3 aromatic rings. The number of hydrogen-bond acceptors (Lipinski definition) is 5. The highest BCUT2D eigenvalue weighted by atomic mass is 32.2. The maximum absolute atomic E-state index is 11.8. The van der Waals surface area contributed by atoms with Gasteiger partial charge in [0.05, 0.1) is 18.4 Å². The summed E-state index contributed by atoms with van der Waals surface area (Å²) in [5.74, 6) is 1.20. The Bertz CT molecular complexity index is 828. The summed E-state index contributed by atoms with van der Waals surface area (Å²) in [4.78, 5) is 20.2. The van der Waals surface area contributed by atoms with E-state index in [0.29, 0.717) is 24.7 Å². The Balaban J connectivity index is 1.75. The van der Waals surface area contributed by atoms with E-state index in [0.717, 1.165) is 16.2 Å². The van der Waals surface area contributed by atoms with Gasteiger partial charge in [0.15, 0.2) is 0 Å². The molecular weight excluding hydrogens is 310 g/mol. The highest BCUT2D eigenvalue weighted by Crippen LogP contribution is 2.21. The van der Waals surface area contributed by atoms with E-state index < -0.39 is 0 Å². The van der Waals surface area contributed by atoms with Crippen LogP contribution in [0.4, 0.5) is 0 Å². The molecule has 0 aliphatic heterocycles. The molecule has 0 saturated heterocycles. The number of H-pyrrole nitrogens is 1. The second kappa shape index (κ2) is 7.26. The number of hydrogen-bond donors (Lipinski definition) is 2. The molecule has 2 heterocycles. The van der Waals surface area contributed by atoms with Gasteiger partial charge in [0.2, 0.25) is 0 Å². The summed E-state index contributed by atoms with van der Waals surface area (Å²) < 4.78 is 1.81. The molecule has 0 fully saturated rings. The largest absolute Gasteiger partial charge is 0.329 e. The van der Waals surface area contributed by atoms with Crippen LogP contribution in [0.2, 0.25) is 0 Å². The van der Waals surface area contributed by atoms with Gasteiger partial charge < -0.3 is 10.7 Å². The fraction of sp³-hybridized carbons (Fsp3) is 0.188. The van der Waals surface area contributed by atoms with Gasteiger partial charge in [-0.2, -0.15) is 5.10 Å². The molecule has 6 nitrogen and oxygen atoms in total. The zero-order chi connectivity index (χ0) is 16.1. The lowest BCUT2D eigenvalue weighted by molar-refractivity contribution is 0.624. The molecule has 0 spiro atoms. The molecule has 1 aromatic carbocycles. The quantitative estimate of drug-likeness (QED) is 0.675. The van der Waals surface area contributed by atoms with Crippen molar-refractivity contribution in [3.63, 3.8) is 0 Å². The Kier molecular flexibility index (Phi) is 4.89. The first-order chi connectivity index (χ1) is 11.2. The molecule has 0 aliphatic rings. The van der Waals surface area contributed by atoms with Crippen LogP contribution in [0.1, 0.15) is 5.69 Å². The number of thioether (sulfide) groups is 1. The summed E-state index contributed by atoms with van der Waals surface area (Å²) in [7, 11) is 0. The minimum Gasteiger partial charge on any atom is -0.329 e. The Hall–Kier alpha value is -2.38. The molecule has 0 bridgehead atoms. The summed E-state index contributed by atoms with van der Waals surface area (Å²) in [6.07, 6.45) is 3.74. The maximum atomic E-state index is 11.8. The summed E-state index contributed by atoms with van der Waals surface area (Å²) in [5, 5.41) is 4.23. The lowest BCUT2D eigenvalue weighted by Gasteiger charge is -2.04. The molecule has 23 heavy (non-hydrogen) atoms. The molecular formula is C16H17N5OS. The minimum absolute atomic E-state index is 0.145. The van der Waals surface area contributed by atoms with E-state index in [1.54, 1.807) is 18.0 Å². The predicted molar refractivity (Wildman–Crippen MR) is 91.1 cm³/mol. The summed E-state index contributed by atoms with van der Waals surface area (Å²) in [5.41, 5.74) is 7.00. The summed E-state index contributed by atoms with van der Waals surface area (Å²) in [6.45, 7) is 1.25. The normalized spacial score (nSPS) is 10.8. The maximum Gasteiger partial charge on any atom is 0.251 e. The topological polar surface area (TPSA) is 89.6 Å². The molecule has 3 N–H and O–H groups in total. The molecule has 0 radical (unpaired) electrons. The van der Waals surface area contributed by atoms with Gasteiger partial charge in [-0.05, 0) is 0 Å². The Morgan fingerprint density at radius 3 is 2.87 bits per heavy atom.